The van der Waals surface area contributed by atoms with E-state index in [0.717, 1.165) is 0 Å². The highest BCUT2D eigenvalue weighted by atomic mass is 79.9. The molecule has 2 nitrogen and oxygen atoms in total. The van der Waals surface area contributed by atoms with Gasteiger partial charge in [-0.25, -0.2) is 0 Å². The maximum Gasteiger partial charge on any atom is 0.0591 e. The molecule has 1 saturated carbocycles. The predicted molar refractivity (Wildman–Crippen MR) is 87.7 cm³/mol. The second kappa shape index (κ2) is 7.21. The summed E-state index contributed by atoms with van der Waals surface area (Å²) in [5, 5.41) is 2.16. The first kappa shape index (κ1) is 15.5. The highest BCUT2D eigenvalue weighted by Crippen LogP contribution is 2.34. The third kappa shape index (κ3) is 4.03. The van der Waals surface area contributed by atoms with Gasteiger partial charge in [0.1, 0.15) is 0 Å². The largest absolute Gasteiger partial charge is 0.326 e. The fourth-order valence-electron chi connectivity index (χ4n) is 3.21. The summed E-state index contributed by atoms with van der Waals surface area (Å²) >= 11 is 5.37. The van der Waals surface area contributed by atoms with E-state index in [2.05, 4.69) is 46.2 Å². The zero-order valence-electron chi connectivity index (χ0n) is 11.9. The van der Waals surface area contributed by atoms with Crippen LogP contribution in [-0.2, 0) is 0 Å². The van der Waals surface area contributed by atoms with Gasteiger partial charge in [-0.3, -0.25) is 4.90 Å². The van der Waals surface area contributed by atoms with Gasteiger partial charge in [-0.1, -0.05) is 25.7 Å². The average Bonchev–Trinajstić information content (AvgIpc) is 2.65. The standard InChI is InChI=1S/C15H25BrN2S/c1-11(17)15(14-9-12(16)10-19-14)18(2)13-7-5-3-4-6-8-13/h9-11,13,15H,3-8,17H2,1-2H3. The van der Waals surface area contributed by atoms with Crippen molar-refractivity contribution in [1.82, 2.24) is 4.90 Å². The van der Waals surface area contributed by atoms with Crippen LogP contribution in [0.4, 0.5) is 0 Å². The number of nitrogens with two attached hydrogens (primary N) is 1. The van der Waals surface area contributed by atoms with Crippen molar-refractivity contribution in [1.29, 1.82) is 0 Å². The van der Waals surface area contributed by atoms with Crippen molar-refractivity contribution < 1.29 is 0 Å². The van der Waals surface area contributed by atoms with Crippen LogP contribution in [0.15, 0.2) is 15.9 Å². The summed E-state index contributed by atoms with van der Waals surface area (Å²) in [7, 11) is 2.26. The van der Waals surface area contributed by atoms with E-state index in [1.54, 1.807) is 0 Å². The lowest BCUT2D eigenvalue weighted by molar-refractivity contribution is 0.143. The zero-order valence-corrected chi connectivity index (χ0v) is 14.3. The number of hydrogen-bond donors (Lipinski definition) is 1. The molecule has 0 aliphatic heterocycles. The highest BCUT2D eigenvalue weighted by molar-refractivity contribution is 9.10. The molecular formula is C15H25BrN2S. The number of hydrogen-bond acceptors (Lipinski definition) is 3. The first-order valence-electron chi connectivity index (χ1n) is 7.31. The monoisotopic (exact) mass is 344 g/mol. The van der Waals surface area contributed by atoms with E-state index in [9.17, 15) is 0 Å². The van der Waals surface area contributed by atoms with Crippen molar-refractivity contribution >= 4 is 27.3 Å². The number of likely N-dealkylation sites (N-methyl/N-ethyl adjacent to an activating group) is 1. The van der Waals surface area contributed by atoms with Gasteiger partial charge in [0.2, 0.25) is 0 Å². The predicted octanol–water partition coefficient (Wildman–Crippen LogP) is 4.55. The fraction of sp³-hybridized carbons (Fsp3) is 0.733. The van der Waals surface area contributed by atoms with E-state index in [1.807, 2.05) is 11.3 Å². The normalized spacial score (nSPS) is 21.3. The van der Waals surface area contributed by atoms with Gasteiger partial charge >= 0.3 is 0 Å². The summed E-state index contributed by atoms with van der Waals surface area (Å²) in [5.74, 6) is 0. The quantitative estimate of drug-likeness (QED) is 0.811. The third-order valence-electron chi connectivity index (χ3n) is 4.22. The first-order valence-corrected chi connectivity index (χ1v) is 8.98. The lowest BCUT2D eigenvalue weighted by atomic mass is 10.0. The first-order chi connectivity index (χ1) is 9.09. The van der Waals surface area contributed by atoms with Crippen molar-refractivity contribution in [3.63, 3.8) is 0 Å². The molecule has 1 aliphatic rings. The molecular weight excluding hydrogens is 320 g/mol. The molecule has 0 amide bonds. The van der Waals surface area contributed by atoms with Crippen molar-refractivity contribution in [3.05, 3.63) is 20.8 Å². The van der Waals surface area contributed by atoms with Crippen molar-refractivity contribution in [3.8, 4) is 0 Å². The number of nitrogens with zero attached hydrogens (tertiary/aromatic N) is 1. The molecule has 4 heteroatoms. The van der Waals surface area contributed by atoms with Crippen molar-refractivity contribution in [2.75, 3.05) is 7.05 Å². The smallest absolute Gasteiger partial charge is 0.0591 e. The average molecular weight is 345 g/mol. The maximum atomic E-state index is 6.27. The van der Waals surface area contributed by atoms with E-state index in [0.29, 0.717) is 12.1 Å². The lowest BCUT2D eigenvalue weighted by Crippen LogP contribution is -2.42. The maximum absolute atomic E-state index is 6.27. The molecule has 2 unspecified atom stereocenters. The molecule has 0 aromatic carbocycles. The Morgan fingerprint density at radius 1 is 1.32 bits per heavy atom. The van der Waals surface area contributed by atoms with Crippen LogP contribution >= 0.6 is 27.3 Å². The Hall–Kier alpha value is 0.1000. The Balaban J connectivity index is 2.13. The van der Waals surface area contributed by atoms with E-state index in [1.165, 1.54) is 47.9 Å². The van der Waals surface area contributed by atoms with Crippen molar-refractivity contribution in [2.45, 2.75) is 63.6 Å². The Bertz CT molecular complexity index is 383. The van der Waals surface area contributed by atoms with Gasteiger partial charge in [-0.05, 0) is 48.8 Å². The molecule has 0 spiro atoms. The van der Waals surface area contributed by atoms with E-state index < -0.39 is 0 Å². The minimum Gasteiger partial charge on any atom is -0.326 e. The van der Waals surface area contributed by atoms with Gasteiger partial charge in [0.05, 0.1) is 6.04 Å². The summed E-state index contributed by atoms with van der Waals surface area (Å²) < 4.78 is 1.17. The van der Waals surface area contributed by atoms with Gasteiger partial charge in [0, 0.05) is 26.8 Å². The molecule has 1 aromatic heterocycles. The van der Waals surface area contributed by atoms with Gasteiger partial charge in [0.15, 0.2) is 0 Å². The van der Waals surface area contributed by atoms with Crippen LogP contribution in [0.5, 0.6) is 0 Å². The molecule has 2 atom stereocenters. The van der Waals surface area contributed by atoms with Gasteiger partial charge in [0.25, 0.3) is 0 Å². The van der Waals surface area contributed by atoms with Crippen LogP contribution in [0.2, 0.25) is 0 Å². The Kier molecular flexibility index (Phi) is 5.87. The number of halogens is 1. The molecule has 1 heterocycles. The molecule has 1 aromatic rings. The molecule has 19 heavy (non-hydrogen) atoms. The number of thiophene rings is 1. The Morgan fingerprint density at radius 3 is 2.42 bits per heavy atom. The summed E-state index contributed by atoms with van der Waals surface area (Å²) in [6.45, 7) is 2.13. The minimum absolute atomic E-state index is 0.166. The van der Waals surface area contributed by atoms with Crippen LogP contribution < -0.4 is 5.73 Å². The van der Waals surface area contributed by atoms with Crippen LogP contribution in [0, 0.1) is 0 Å². The van der Waals surface area contributed by atoms with Gasteiger partial charge in [-0.2, -0.15) is 0 Å². The zero-order chi connectivity index (χ0) is 13.8. The van der Waals surface area contributed by atoms with Gasteiger partial charge in [-0.15, -0.1) is 11.3 Å². The van der Waals surface area contributed by atoms with Crippen LogP contribution in [-0.4, -0.2) is 24.0 Å². The SMILES string of the molecule is CC(N)C(c1cc(Br)cs1)N(C)C1CCCCCC1. The van der Waals surface area contributed by atoms with E-state index >= 15 is 0 Å². The van der Waals surface area contributed by atoms with Crippen molar-refractivity contribution in [2.24, 2.45) is 5.73 Å². The van der Waals surface area contributed by atoms with E-state index in [4.69, 9.17) is 5.73 Å². The number of rotatable bonds is 4. The summed E-state index contributed by atoms with van der Waals surface area (Å²) in [6, 6.07) is 3.43. The van der Waals surface area contributed by atoms with E-state index in [-0.39, 0.29) is 6.04 Å². The second-order valence-corrected chi connectivity index (χ2v) is 7.64. The molecule has 0 bridgehead atoms. The van der Waals surface area contributed by atoms with Crippen LogP contribution in [0.25, 0.3) is 0 Å². The molecule has 108 valence electrons. The molecule has 0 radical (unpaired) electrons. The lowest BCUT2D eigenvalue weighted by Gasteiger charge is -2.36. The van der Waals surface area contributed by atoms with Crippen LogP contribution in [0.1, 0.15) is 56.4 Å². The second-order valence-electron chi connectivity index (χ2n) is 5.78. The topological polar surface area (TPSA) is 29.3 Å². The summed E-state index contributed by atoms with van der Waals surface area (Å²) in [6.07, 6.45) is 8.19. The minimum atomic E-state index is 0.166. The van der Waals surface area contributed by atoms with Crippen LogP contribution in [0.3, 0.4) is 0 Å². The highest BCUT2D eigenvalue weighted by Gasteiger charge is 2.28. The molecule has 1 aliphatic carbocycles. The Labute approximate surface area is 129 Å². The molecule has 2 rings (SSSR count). The third-order valence-corrected chi connectivity index (χ3v) is 5.98. The Morgan fingerprint density at radius 2 is 1.95 bits per heavy atom. The summed E-state index contributed by atoms with van der Waals surface area (Å²) in [4.78, 5) is 3.92. The van der Waals surface area contributed by atoms with Gasteiger partial charge < -0.3 is 5.73 Å². The molecule has 0 saturated heterocycles. The summed E-state index contributed by atoms with van der Waals surface area (Å²) in [5.41, 5.74) is 6.27. The fourth-order valence-corrected chi connectivity index (χ4v) is 4.92. The molecule has 2 N–H and O–H groups in total. The molecule has 1 fully saturated rings.